The quantitative estimate of drug-likeness (QED) is 0.561. The van der Waals surface area contributed by atoms with Crippen molar-refractivity contribution in [1.29, 1.82) is 0 Å². The number of amidine groups is 1. The van der Waals surface area contributed by atoms with Crippen molar-refractivity contribution in [1.82, 2.24) is 9.80 Å². The van der Waals surface area contributed by atoms with E-state index in [1.807, 2.05) is 29.2 Å². The van der Waals surface area contributed by atoms with Crippen LogP contribution in [0.4, 0.5) is 0 Å². The van der Waals surface area contributed by atoms with Gasteiger partial charge >= 0.3 is 0 Å². The van der Waals surface area contributed by atoms with E-state index in [2.05, 4.69) is 11.9 Å². The molecule has 0 bridgehead atoms. The summed E-state index contributed by atoms with van der Waals surface area (Å²) in [5, 5.41) is 1.09. The van der Waals surface area contributed by atoms with E-state index in [-0.39, 0.29) is 6.17 Å². The second-order valence-electron chi connectivity index (χ2n) is 7.09. The number of benzene rings is 1. The number of hydrogen-bond acceptors (Lipinski definition) is 4. The molecule has 1 aromatic carbocycles. The summed E-state index contributed by atoms with van der Waals surface area (Å²) in [6, 6.07) is 8.34. The van der Waals surface area contributed by atoms with E-state index in [0.29, 0.717) is 12.6 Å². The molecule has 0 spiro atoms. The number of ether oxygens (including phenoxy) is 1. The van der Waals surface area contributed by atoms with Gasteiger partial charge in [-0.25, -0.2) is 0 Å². The second-order valence-corrected chi connectivity index (χ2v) is 8.07. The number of methoxy groups -OCH3 is 1. The lowest BCUT2D eigenvalue weighted by molar-refractivity contribution is -0.122. The first-order valence-electron chi connectivity index (χ1n) is 9.48. The summed E-state index contributed by atoms with van der Waals surface area (Å²) in [5.41, 5.74) is 1.10. The number of carbonyl (C=O) groups excluding carboxylic acids is 1. The summed E-state index contributed by atoms with van der Waals surface area (Å²) in [6.45, 7) is 0.597. The molecule has 1 atom stereocenters. The minimum absolute atomic E-state index is 0.0594. The first kappa shape index (κ1) is 19.1. The number of rotatable bonds is 6. The predicted molar refractivity (Wildman–Crippen MR) is 108 cm³/mol. The zero-order chi connectivity index (χ0) is 18.4. The van der Waals surface area contributed by atoms with Crippen molar-refractivity contribution in [3.8, 4) is 5.75 Å². The third-order valence-electron chi connectivity index (χ3n) is 5.27. The highest BCUT2D eigenvalue weighted by Gasteiger charge is 2.32. The Bertz CT molecular complexity index is 612. The van der Waals surface area contributed by atoms with Crippen molar-refractivity contribution >= 4 is 23.3 Å². The monoisotopic (exact) mass is 375 g/mol. The zero-order valence-electron chi connectivity index (χ0n) is 15.8. The Kier molecular flexibility index (Phi) is 6.83. The molecule has 1 amide bonds. The van der Waals surface area contributed by atoms with Crippen LogP contribution in [0.1, 0.15) is 44.1 Å². The zero-order valence-corrected chi connectivity index (χ0v) is 16.6. The first-order chi connectivity index (χ1) is 12.7. The SMILES string of the molecule is COc1ccc(CN(C=O)C2CSC(=NC3CCCCCC3)N2C)cc1. The Morgan fingerprint density at radius 1 is 1.23 bits per heavy atom. The first-order valence-corrected chi connectivity index (χ1v) is 10.5. The molecule has 142 valence electrons. The standard InChI is InChI=1S/C20H29N3O2S/c1-22-19(14-26-20(22)21-17-7-5-3-4-6-8-17)23(15-24)13-16-9-11-18(25-2)12-10-16/h9-12,15,17,19H,3-8,13-14H2,1-2H3. The molecule has 3 rings (SSSR count). The predicted octanol–water partition coefficient (Wildman–Crippen LogP) is 3.74. The van der Waals surface area contributed by atoms with Crippen LogP contribution in [-0.2, 0) is 11.3 Å². The minimum atomic E-state index is 0.0594. The molecule has 1 unspecified atom stereocenters. The Morgan fingerprint density at radius 2 is 1.92 bits per heavy atom. The molecular weight excluding hydrogens is 346 g/mol. The lowest BCUT2D eigenvalue weighted by atomic mass is 10.1. The summed E-state index contributed by atoms with van der Waals surface area (Å²) < 4.78 is 5.20. The molecule has 1 heterocycles. The van der Waals surface area contributed by atoms with Crippen molar-refractivity contribution < 1.29 is 9.53 Å². The van der Waals surface area contributed by atoms with E-state index in [1.54, 1.807) is 18.9 Å². The molecule has 1 aliphatic carbocycles. The average Bonchev–Trinajstić information content (AvgIpc) is 2.87. The summed E-state index contributed by atoms with van der Waals surface area (Å²) in [6.07, 6.45) is 8.68. The molecule has 6 heteroatoms. The molecule has 0 radical (unpaired) electrons. The smallest absolute Gasteiger partial charge is 0.211 e. The van der Waals surface area contributed by atoms with Gasteiger partial charge in [0.05, 0.1) is 13.2 Å². The lowest BCUT2D eigenvalue weighted by Gasteiger charge is -2.30. The summed E-state index contributed by atoms with van der Waals surface area (Å²) in [5.74, 6) is 1.70. The Morgan fingerprint density at radius 3 is 2.54 bits per heavy atom. The van der Waals surface area contributed by atoms with Crippen molar-refractivity contribution in [2.45, 2.75) is 57.3 Å². The van der Waals surface area contributed by atoms with Crippen LogP contribution in [0.15, 0.2) is 29.3 Å². The molecule has 2 fully saturated rings. The molecule has 26 heavy (non-hydrogen) atoms. The third kappa shape index (κ3) is 4.72. The fourth-order valence-electron chi connectivity index (χ4n) is 3.63. The number of amides is 1. The van der Waals surface area contributed by atoms with Crippen LogP contribution in [0.25, 0.3) is 0 Å². The molecule has 2 aliphatic rings. The molecule has 0 aromatic heterocycles. The molecule has 1 aliphatic heterocycles. The number of carbonyl (C=O) groups is 1. The maximum atomic E-state index is 11.7. The van der Waals surface area contributed by atoms with Crippen LogP contribution in [0, 0.1) is 0 Å². The van der Waals surface area contributed by atoms with Gasteiger partial charge in [0.25, 0.3) is 0 Å². The second kappa shape index (κ2) is 9.31. The van der Waals surface area contributed by atoms with Gasteiger partial charge in [0, 0.05) is 19.3 Å². The molecule has 5 nitrogen and oxygen atoms in total. The molecule has 1 aromatic rings. The normalized spacial score (nSPS) is 23.1. The third-order valence-corrected chi connectivity index (χ3v) is 6.39. The number of hydrogen-bond donors (Lipinski definition) is 0. The Balaban J connectivity index is 1.64. The number of aliphatic imine (C=N–C) groups is 1. The largest absolute Gasteiger partial charge is 0.497 e. The summed E-state index contributed by atoms with van der Waals surface area (Å²) in [4.78, 5) is 20.8. The van der Waals surface area contributed by atoms with Crippen molar-refractivity contribution in [3.05, 3.63) is 29.8 Å². The van der Waals surface area contributed by atoms with Crippen LogP contribution in [-0.4, -0.2) is 53.5 Å². The van der Waals surface area contributed by atoms with Gasteiger partial charge < -0.3 is 14.5 Å². The van der Waals surface area contributed by atoms with Crippen LogP contribution < -0.4 is 4.74 Å². The van der Waals surface area contributed by atoms with Gasteiger partial charge in [-0.2, -0.15) is 0 Å². The highest BCUT2D eigenvalue weighted by molar-refractivity contribution is 8.14. The lowest BCUT2D eigenvalue weighted by Crippen LogP contribution is -2.44. The van der Waals surface area contributed by atoms with E-state index >= 15 is 0 Å². The Labute approximate surface area is 160 Å². The molecule has 1 saturated heterocycles. The van der Waals surface area contributed by atoms with Crippen LogP contribution in [0.2, 0.25) is 0 Å². The van der Waals surface area contributed by atoms with Crippen molar-refractivity contribution in [3.63, 3.8) is 0 Å². The maximum Gasteiger partial charge on any atom is 0.211 e. The van der Waals surface area contributed by atoms with Gasteiger partial charge in [-0.15, -0.1) is 0 Å². The number of thioether (sulfide) groups is 1. The summed E-state index contributed by atoms with van der Waals surface area (Å²) >= 11 is 1.77. The van der Waals surface area contributed by atoms with E-state index in [9.17, 15) is 4.79 Å². The Hall–Kier alpha value is -1.69. The fraction of sp³-hybridized carbons (Fsp3) is 0.600. The molecule has 0 N–H and O–H groups in total. The van der Waals surface area contributed by atoms with Crippen LogP contribution in [0.3, 0.4) is 0 Å². The van der Waals surface area contributed by atoms with Crippen LogP contribution >= 0.6 is 11.8 Å². The van der Waals surface area contributed by atoms with Crippen LogP contribution in [0.5, 0.6) is 5.75 Å². The van der Waals surface area contributed by atoms with Crippen molar-refractivity contribution in [2.75, 3.05) is 19.9 Å². The van der Waals surface area contributed by atoms with Gasteiger partial charge in [0.1, 0.15) is 11.9 Å². The van der Waals surface area contributed by atoms with Crippen molar-refractivity contribution in [2.24, 2.45) is 4.99 Å². The molecule has 1 saturated carbocycles. The highest BCUT2D eigenvalue weighted by atomic mass is 32.2. The maximum absolute atomic E-state index is 11.7. The van der Waals surface area contributed by atoms with E-state index in [0.717, 1.165) is 28.6 Å². The summed E-state index contributed by atoms with van der Waals surface area (Å²) in [7, 11) is 3.72. The molecular formula is C20H29N3O2S. The van der Waals surface area contributed by atoms with E-state index in [4.69, 9.17) is 9.73 Å². The topological polar surface area (TPSA) is 45.1 Å². The average molecular weight is 376 g/mol. The minimum Gasteiger partial charge on any atom is -0.497 e. The van der Waals surface area contributed by atoms with Gasteiger partial charge in [0.15, 0.2) is 5.17 Å². The fourth-order valence-corrected chi connectivity index (χ4v) is 4.90. The van der Waals surface area contributed by atoms with Gasteiger partial charge in [-0.05, 0) is 30.5 Å². The van der Waals surface area contributed by atoms with E-state index < -0.39 is 0 Å². The number of nitrogens with zero attached hydrogens (tertiary/aromatic N) is 3. The van der Waals surface area contributed by atoms with E-state index in [1.165, 1.54) is 38.5 Å². The highest BCUT2D eigenvalue weighted by Crippen LogP contribution is 2.28. The van der Waals surface area contributed by atoms with Gasteiger partial charge in [0.2, 0.25) is 6.41 Å². The van der Waals surface area contributed by atoms with Gasteiger partial charge in [-0.3, -0.25) is 9.79 Å². The van der Waals surface area contributed by atoms with Gasteiger partial charge in [-0.1, -0.05) is 49.6 Å².